The van der Waals surface area contributed by atoms with E-state index >= 15 is 0 Å². The molecule has 1 saturated carbocycles. The first-order valence-electron chi connectivity index (χ1n) is 9.82. The summed E-state index contributed by atoms with van der Waals surface area (Å²) < 4.78 is 6.05. The fraction of sp³-hybridized carbons (Fsp3) is 0.667. The van der Waals surface area contributed by atoms with Gasteiger partial charge < -0.3 is 10.1 Å². The van der Waals surface area contributed by atoms with Gasteiger partial charge in [-0.2, -0.15) is 0 Å². The number of rotatable bonds is 6. The molecule has 1 N–H and O–H groups in total. The van der Waals surface area contributed by atoms with Gasteiger partial charge in [-0.1, -0.05) is 29.8 Å². The van der Waals surface area contributed by atoms with Gasteiger partial charge in [0.05, 0.1) is 6.10 Å². The second kappa shape index (κ2) is 7.08. The predicted octanol–water partition coefficient (Wildman–Crippen LogP) is 2.89. The van der Waals surface area contributed by atoms with Gasteiger partial charge in [0.2, 0.25) is 5.91 Å². The van der Waals surface area contributed by atoms with E-state index in [9.17, 15) is 4.79 Å². The first-order chi connectivity index (χ1) is 12.1. The molecule has 1 aromatic carbocycles. The monoisotopic (exact) mass is 342 g/mol. The molecule has 1 aliphatic carbocycles. The Kier molecular flexibility index (Phi) is 4.83. The number of carbonyl (C=O) groups excluding carboxylic acids is 1. The van der Waals surface area contributed by atoms with Gasteiger partial charge in [0.1, 0.15) is 0 Å². The highest BCUT2D eigenvalue weighted by molar-refractivity contribution is 5.80. The molecular formula is C21H30N2O2. The Morgan fingerprint density at radius 2 is 2.08 bits per heavy atom. The molecule has 0 bridgehead atoms. The van der Waals surface area contributed by atoms with Gasteiger partial charge in [-0.3, -0.25) is 9.69 Å². The maximum Gasteiger partial charge on any atom is 0.223 e. The van der Waals surface area contributed by atoms with Crippen molar-refractivity contribution in [1.82, 2.24) is 10.2 Å². The molecule has 2 atom stereocenters. The van der Waals surface area contributed by atoms with Gasteiger partial charge in [0.25, 0.3) is 0 Å². The highest BCUT2D eigenvalue weighted by Gasteiger charge is 2.47. The van der Waals surface area contributed by atoms with E-state index in [0.29, 0.717) is 12.0 Å². The lowest BCUT2D eigenvalue weighted by atomic mass is 9.74. The zero-order valence-corrected chi connectivity index (χ0v) is 15.3. The van der Waals surface area contributed by atoms with Gasteiger partial charge in [-0.05, 0) is 44.6 Å². The van der Waals surface area contributed by atoms with E-state index in [2.05, 4.69) is 41.4 Å². The van der Waals surface area contributed by atoms with Crippen molar-refractivity contribution >= 4 is 5.91 Å². The summed E-state index contributed by atoms with van der Waals surface area (Å²) in [5.74, 6) is 0.566. The Morgan fingerprint density at radius 3 is 2.84 bits per heavy atom. The molecule has 0 radical (unpaired) electrons. The van der Waals surface area contributed by atoms with E-state index in [0.717, 1.165) is 64.9 Å². The van der Waals surface area contributed by atoms with E-state index in [1.165, 1.54) is 11.1 Å². The standard InChI is InChI=1S/C21H30N2O2/c1-16-2-4-17(5-3-16)14-23-12-8-19-21(15-23,10-13-25-19)9-11-22-20(24)18-6-7-18/h2-5,18-19H,6-15H2,1H3,(H,22,24)/t19-,21+/m1/s1. The van der Waals surface area contributed by atoms with Crippen molar-refractivity contribution < 1.29 is 9.53 Å². The number of hydrogen-bond acceptors (Lipinski definition) is 3. The van der Waals surface area contributed by atoms with Crippen LogP contribution >= 0.6 is 0 Å². The van der Waals surface area contributed by atoms with Gasteiger partial charge in [0, 0.05) is 44.1 Å². The van der Waals surface area contributed by atoms with Crippen LogP contribution in [0.25, 0.3) is 0 Å². The molecule has 2 saturated heterocycles. The molecular weight excluding hydrogens is 312 g/mol. The van der Waals surface area contributed by atoms with Gasteiger partial charge in [-0.15, -0.1) is 0 Å². The van der Waals surface area contributed by atoms with Gasteiger partial charge in [-0.25, -0.2) is 0 Å². The molecule has 2 aliphatic heterocycles. The third kappa shape index (κ3) is 3.90. The molecule has 1 aromatic rings. The molecule has 25 heavy (non-hydrogen) atoms. The van der Waals surface area contributed by atoms with Crippen molar-refractivity contribution in [3.05, 3.63) is 35.4 Å². The number of amides is 1. The summed E-state index contributed by atoms with van der Waals surface area (Å²) in [4.78, 5) is 14.5. The summed E-state index contributed by atoms with van der Waals surface area (Å²) in [6.45, 7) is 7.02. The number of likely N-dealkylation sites (tertiary alicyclic amines) is 1. The van der Waals surface area contributed by atoms with Crippen molar-refractivity contribution in [2.24, 2.45) is 11.3 Å². The molecule has 0 aromatic heterocycles. The van der Waals surface area contributed by atoms with Crippen molar-refractivity contribution in [1.29, 1.82) is 0 Å². The lowest BCUT2D eigenvalue weighted by molar-refractivity contribution is -0.122. The molecule has 136 valence electrons. The summed E-state index contributed by atoms with van der Waals surface area (Å²) in [5.41, 5.74) is 2.93. The van der Waals surface area contributed by atoms with Crippen molar-refractivity contribution in [3.63, 3.8) is 0 Å². The van der Waals surface area contributed by atoms with Crippen molar-refractivity contribution in [2.75, 3.05) is 26.2 Å². The molecule has 0 unspecified atom stereocenters. The first kappa shape index (κ1) is 17.0. The SMILES string of the molecule is Cc1ccc(CN2CC[C@H]3OCC[C@@]3(CCNC(=O)C3CC3)C2)cc1. The molecule has 1 amide bonds. The lowest BCUT2D eigenvalue weighted by Crippen LogP contribution is -2.50. The number of nitrogens with zero attached hydrogens (tertiary/aromatic N) is 1. The Labute approximate surface area is 150 Å². The Morgan fingerprint density at radius 1 is 1.28 bits per heavy atom. The van der Waals surface area contributed by atoms with Gasteiger partial charge in [0.15, 0.2) is 0 Å². The highest BCUT2D eigenvalue weighted by Crippen LogP contribution is 2.43. The third-order valence-corrected chi connectivity index (χ3v) is 6.25. The van der Waals surface area contributed by atoms with Crippen LogP contribution in [0.4, 0.5) is 0 Å². The Hall–Kier alpha value is -1.39. The van der Waals surface area contributed by atoms with Crippen LogP contribution in [0.15, 0.2) is 24.3 Å². The van der Waals surface area contributed by atoms with Crippen molar-refractivity contribution in [3.8, 4) is 0 Å². The minimum Gasteiger partial charge on any atom is -0.378 e. The maximum absolute atomic E-state index is 11.9. The third-order valence-electron chi connectivity index (χ3n) is 6.25. The fourth-order valence-corrected chi connectivity index (χ4v) is 4.51. The number of piperidine rings is 1. The lowest BCUT2D eigenvalue weighted by Gasteiger charge is -2.44. The van der Waals surface area contributed by atoms with Crippen LogP contribution in [-0.2, 0) is 16.1 Å². The van der Waals surface area contributed by atoms with Crippen LogP contribution in [-0.4, -0.2) is 43.2 Å². The van der Waals surface area contributed by atoms with Crippen LogP contribution in [0.5, 0.6) is 0 Å². The number of hydrogen-bond donors (Lipinski definition) is 1. The minimum absolute atomic E-state index is 0.222. The number of aryl methyl sites for hydroxylation is 1. The second-order valence-electron chi connectivity index (χ2n) is 8.27. The Bertz CT molecular complexity index is 611. The number of fused-ring (bicyclic) bond motifs is 1. The zero-order valence-electron chi connectivity index (χ0n) is 15.3. The van der Waals surface area contributed by atoms with E-state index in [1.807, 2.05) is 0 Å². The number of nitrogens with one attached hydrogen (secondary N) is 1. The molecule has 2 heterocycles. The number of ether oxygens (including phenoxy) is 1. The molecule has 3 fully saturated rings. The largest absolute Gasteiger partial charge is 0.378 e. The molecule has 4 rings (SSSR count). The van der Waals surface area contributed by atoms with Crippen LogP contribution in [0.1, 0.15) is 43.2 Å². The van der Waals surface area contributed by atoms with Crippen LogP contribution in [0.2, 0.25) is 0 Å². The number of benzene rings is 1. The first-order valence-corrected chi connectivity index (χ1v) is 9.82. The molecule has 4 heteroatoms. The Balaban J connectivity index is 1.36. The summed E-state index contributed by atoms with van der Waals surface area (Å²) in [6.07, 6.45) is 5.81. The van der Waals surface area contributed by atoms with E-state index in [1.54, 1.807) is 0 Å². The summed E-state index contributed by atoms with van der Waals surface area (Å²) >= 11 is 0. The average Bonchev–Trinajstić information content (AvgIpc) is 3.37. The number of carbonyl (C=O) groups is 1. The average molecular weight is 342 g/mol. The van der Waals surface area contributed by atoms with Crippen LogP contribution in [0.3, 0.4) is 0 Å². The zero-order chi connectivity index (χ0) is 17.3. The van der Waals surface area contributed by atoms with E-state index in [4.69, 9.17) is 4.74 Å². The smallest absolute Gasteiger partial charge is 0.223 e. The normalized spacial score (nSPS) is 29.4. The summed E-state index contributed by atoms with van der Waals surface area (Å²) in [5, 5.41) is 3.16. The molecule has 0 spiro atoms. The fourth-order valence-electron chi connectivity index (χ4n) is 4.51. The molecule has 3 aliphatic rings. The predicted molar refractivity (Wildman–Crippen MR) is 98.2 cm³/mol. The minimum atomic E-state index is 0.222. The van der Waals surface area contributed by atoms with Crippen LogP contribution in [0, 0.1) is 18.3 Å². The topological polar surface area (TPSA) is 41.6 Å². The van der Waals surface area contributed by atoms with E-state index in [-0.39, 0.29) is 11.3 Å². The maximum atomic E-state index is 11.9. The summed E-state index contributed by atoms with van der Waals surface area (Å²) in [6, 6.07) is 8.89. The summed E-state index contributed by atoms with van der Waals surface area (Å²) in [7, 11) is 0. The molecule has 4 nitrogen and oxygen atoms in total. The highest BCUT2D eigenvalue weighted by atomic mass is 16.5. The van der Waals surface area contributed by atoms with E-state index < -0.39 is 0 Å². The van der Waals surface area contributed by atoms with Gasteiger partial charge >= 0.3 is 0 Å². The van der Waals surface area contributed by atoms with Crippen molar-refractivity contribution in [2.45, 2.75) is 51.7 Å². The van der Waals surface area contributed by atoms with Crippen LogP contribution < -0.4 is 5.32 Å². The quantitative estimate of drug-likeness (QED) is 0.864. The second-order valence-corrected chi connectivity index (χ2v) is 8.27.